The molecule has 0 radical (unpaired) electrons. The van der Waals surface area contributed by atoms with Crippen LogP contribution < -0.4 is 4.74 Å². The molecular weight excluding hydrogens is 429 g/mol. The Hall–Kier alpha value is -3.58. The van der Waals surface area contributed by atoms with Gasteiger partial charge in [0, 0.05) is 17.1 Å². The minimum atomic E-state index is -4.15. The number of aryl methyl sites for hydroxylation is 1. The zero-order chi connectivity index (χ0) is 22.9. The number of benzene rings is 3. The monoisotopic (exact) mass is 449 g/mol. The van der Waals surface area contributed by atoms with Crippen molar-refractivity contribution in [3.05, 3.63) is 95.4 Å². The van der Waals surface area contributed by atoms with Crippen molar-refractivity contribution in [2.45, 2.75) is 23.6 Å². The normalized spacial score (nSPS) is 11.5. The minimum absolute atomic E-state index is 0.0144. The van der Waals surface area contributed by atoms with Crippen molar-refractivity contribution >= 4 is 26.5 Å². The number of fused-ring (bicyclic) bond motifs is 1. The van der Waals surface area contributed by atoms with Gasteiger partial charge in [0.25, 0.3) is 0 Å². The highest BCUT2D eigenvalue weighted by molar-refractivity contribution is 7.91. The summed E-state index contributed by atoms with van der Waals surface area (Å²) >= 11 is 0. The molecule has 0 aliphatic carbocycles. The molecule has 0 unspecified atom stereocenters. The number of aromatic nitrogens is 1. The molecule has 0 saturated heterocycles. The molecule has 0 aliphatic rings. The van der Waals surface area contributed by atoms with Crippen LogP contribution >= 0.6 is 0 Å². The summed E-state index contributed by atoms with van der Waals surface area (Å²) in [6.45, 7) is 4.17. The van der Waals surface area contributed by atoms with Gasteiger partial charge in [0.1, 0.15) is 11.6 Å². The highest BCUT2D eigenvalue weighted by Gasteiger charge is 2.28. The molecule has 32 heavy (non-hydrogen) atoms. The Bertz CT molecular complexity index is 1410. The third-order valence-electron chi connectivity index (χ3n) is 5.05. The van der Waals surface area contributed by atoms with Crippen LogP contribution in [0, 0.1) is 12.7 Å². The molecule has 0 bridgehead atoms. The minimum Gasteiger partial charge on any atom is -0.494 e. The Morgan fingerprint density at radius 2 is 1.69 bits per heavy atom. The second kappa shape index (κ2) is 8.51. The molecule has 7 heteroatoms. The van der Waals surface area contributed by atoms with E-state index in [9.17, 15) is 17.6 Å². The quantitative estimate of drug-likeness (QED) is 0.381. The van der Waals surface area contributed by atoms with Crippen molar-refractivity contribution in [1.82, 2.24) is 4.98 Å². The van der Waals surface area contributed by atoms with Crippen LogP contribution in [0.4, 0.5) is 4.39 Å². The summed E-state index contributed by atoms with van der Waals surface area (Å²) in [7, 11) is -4.15. The number of sulfone groups is 1. The van der Waals surface area contributed by atoms with E-state index in [1.807, 2.05) is 13.8 Å². The third kappa shape index (κ3) is 3.99. The Balaban J connectivity index is 1.95. The highest BCUT2D eigenvalue weighted by atomic mass is 32.2. The van der Waals surface area contributed by atoms with Crippen molar-refractivity contribution < 1.29 is 22.3 Å². The molecular formula is C25H20FNO4S. The number of ketones is 1. The van der Waals surface area contributed by atoms with E-state index >= 15 is 0 Å². The predicted octanol–water partition coefficient (Wildman–Crippen LogP) is 5.14. The van der Waals surface area contributed by atoms with Crippen LogP contribution in [0.15, 0.2) is 82.7 Å². The van der Waals surface area contributed by atoms with E-state index in [2.05, 4.69) is 4.98 Å². The predicted molar refractivity (Wildman–Crippen MR) is 119 cm³/mol. The number of carbonyl (C=O) groups excluding carboxylic acids is 1. The SMILES string of the molecule is CCOc1ccc(C(=O)c2cnc3ccc(F)cc3c2S(=O)(=O)c2ccc(C)cc2)cc1. The molecule has 1 aromatic heterocycles. The van der Waals surface area contributed by atoms with E-state index in [1.165, 1.54) is 30.5 Å². The fourth-order valence-electron chi connectivity index (χ4n) is 3.45. The van der Waals surface area contributed by atoms with Gasteiger partial charge in [0.2, 0.25) is 9.84 Å². The first kappa shape index (κ1) is 21.6. The first-order chi connectivity index (χ1) is 15.3. The molecule has 0 fully saturated rings. The van der Waals surface area contributed by atoms with Gasteiger partial charge in [0.15, 0.2) is 5.78 Å². The van der Waals surface area contributed by atoms with Gasteiger partial charge in [-0.2, -0.15) is 0 Å². The summed E-state index contributed by atoms with van der Waals surface area (Å²) in [5.74, 6) is -0.557. The van der Waals surface area contributed by atoms with Crippen LogP contribution in [0.5, 0.6) is 5.75 Å². The van der Waals surface area contributed by atoms with E-state index in [-0.39, 0.29) is 31.8 Å². The van der Waals surface area contributed by atoms with Crippen molar-refractivity contribution in [1.29, 1.82) is 0 Å². The maximum atomic E-state index is 14.1. The Kier molecular flexibility index (Phi) is 5.76. The summed E-state index contributed by atoms with van der Waals surface area (Å²) in [4.78, 5) is 17.3. The number of ether oxygens (including phenoxy) is 1. The number of halogens is 1. The lowest BCUT2D eigenvalue weighted by Gasteiger charge is -2.14. The van der Waals surface area contributed by atoms with Crippen LogP contribution in [0.1, 0.15) is 28.4 Å². The van der Waals surface area contributed by atoms with Gasteiger partial charge in [-0.15, -0.1) is 0 Å². The molecule has 0 atom stereocenters. The average Bonchev–Trinajstić information content (AvgIpc) is 2.78. The lowest BCUT2D eigenvalue weighted by molar-refractivity contribution is 0.103. The molecule has 0 aliphatic heterocycles. The number of rotatable bonds is 6. The van der Waals surface area contributed by atoms with Crippen LogP contribution in [-0.2, 0) is 9.84 Å². The lowest BCUT2D eigenvalue weighted by atomic mass is 10.0. The Morgan fingerprint density at radius 3 is 2.34 bits per heavy atom. The first-order valence-corrected chi connectivity index (χ1v) is 11.5. The summed E-state index contributed by atoms with van der Waals surface area (Å²) in [5, 5.41) is 0.0577. The molecule has 3 aromatic carbocycles. The number of hydrogen-bond acceptors (Lipinski definition) is 5. The van der Waals surface area contributed by atoms with E-state index in [0.717, 1.165) is 11.6 Å². The molecule has 1 heterocycles. The second-order valence-corrected chi connectivity index (χ2v) is 9.15. The van der Waals surface area contributed by atoms with Gasteiger partial charge in [-0.25, -0.2) is 12.8 Å². The van der Waals surface area contributed by atoms with Gasteiger partial charge < -0.3 is 4.74 Å². The maximum Gasteiger partial charge on any atom is 0.208 e. The Labute approximate surface area is 185 Å². The summed E-state index contributed by atoms with van der Waals surface area (Å²) in [5.41, 5.74) is 1.32. The van der Waals surface area contributed by atoms with Crippen LogP contribution in [-0.4, -0.2) is 25.8 Å². The second-order valence-electron chi connectivity index (χ2n) is 7.27. The molecule has 4 rings (SSSR count). The third-order valence-corrected chi connectivity index (χ3v) is 6.92. The van der Waals surface area contributed by atoms with Crippen molar-refractivity contribution in [2.24, 2.45) is 0 Å². The van der Waals surface area contributed by atoms with Crippen LogP contribution in [0.2, 0.25) is 0 Å². The summed E-state index contributed by atoms with van der Waals surface area (Å²) in [6.07, 6.45) is 1.24. The molecule has 4 aromatic rings. The van der Waals surface area contributed by atoms with Crippen molar-refractivity contribution in [3.8, 4) is 5.75 Å². The molecule has 5 nitrogen and oxygen atoms in total. The molecule has 0 spiro atoms. The standard InChI is InChI=1S/C25H20FNO4S/c1-3-31-19-9-6-17(7-10-19)24(28)22-15-27-23-13-8-18(26)14-21(23)25(22)32(29,30)20-11-4-16(2)5-12-20/h4-15H,3H2,1-2H3. The number of hydrogen-bond donors (Lipinski definition) is 0. The van der Waals surface area contributed by atoms with Gasteiger partial charge >= 0.3 is 0 Å². The van der Waals surface area contributed by atoms with Gasteiger partial charge in [0.05, 0.1) is 27.5 Å². The number of pyridine rings is 1. The van der Waals surface area contributed by atoms with E-state index in [0.29, 0.717) is 12.4 Å². The number of carbonyl (C=O) groups is 1. The fourth-order valence-corrected chi connectivity index (χ4v) is 5.07. The van der Waals surface area contributed by atoms with E-state index < -0.39 is 21.4 Å². The van der Waals surface area contributed by atoms with Crippen LogP contribution in [0.25, 0.3) is 10.9 Å². The molecule has 0 saturated carbocycles. The largest absolute Gasteiger partial charge is 0.494 e. The van der Waals surface area contributed by atoms with Crippen molar-refractivity contribution in [2.75, 3.05) is 6.61 Å². The zero-order valence-electron chi connectivity index (χ0n) is 17.5. The van der Waals surface area contributed by atoms with E-state index in [1.54, 1.807) is 36.4 Å². The van der Waals surface area contributed by atoms with Crippen LogP contribution in [0.3, 0.4) is 0 Å². The highest BCUT2D eigenvalue weighted by Crippen LogP contribution is 2.32. The smallest absolute Gasteiger partial charge is 0.208 e. The van der Waals surface area contributed by atoms with Crippen molar-refractivity contribution in [3.63, 3.8) is 0 Å². The zero-order valence-corrected chi connectivity index (χ0v) is 18.3. The number of nitrogens with zero attached hydrogens (tertiary/aromatic N) is 1. The maximum absolute atomic E-state index is 14.1. The van der Waals surface area contributed by atoms with Gasteiger partial charge in [-0.3, -0.25) is 9.78 Å². The topological polar surface area (TPSA) is 73.3 Å². The lowest BCUT2D eigenvalue weighted by Crippen LogP contribution is -2.13. The average molecular weight is 450 g/mol. The Morgan fingerprint density at radius 1 is 1.00 bits per heavy atom. The van der Waals surface area contributed by atoms with Gasteiger partial charge in [-0.05, 0) is 68.4 Å². The fraction of sp³-hybridized carbons (Fsp3) is 0.120. The first-order valence-electron chi connectivity index (χ1n) is 9.99. The molecule has 0 amide bonds. The molecule has 162 valence electrons. The van der Waals surface area contributed by atoms with Gasteiger partial charge in [-0.1, -0.05) is 17.7 Å². The molecule has 0 N–H and O–H groups in total. The summed E-state index contributed by atoms with van der Waals surface area (Å²) in [6, 6.07) is 16.4. The van der Waals surface area contributed by atoms with E-state index in [4.69, 9.17) is 4.74 Å². The summed E-state index contributed by atoms with van der Waals surface area (Å²) < 4.78 is 46.8.